The molecule has 1 unspecified atom stereocenters. The highest BCUT2D eigenvalue weighted by molar-refractivity contribution is 7.11. The Hall–Kier alpha value is -0.980. The maximum absolute atomic E-state index is 11.7. The molecule has 0 aliphatic heterocycles. The van der Waals surface area contributed by atoms with E-state index in [1.54, 1.807) is 18.4 Å². The molecule has 1 aromatic heterocycles. The number of hydrogen-bond acceptors (Lipinski definition) is 5. The van der Waals surface area contributed by atoms with Crippen LogP contribution in [0.4, 0.5) is 0 Å². The van der Waals surface area contributed by atoms with Gasteiger partial charge in [0, 0.05) is 31.3 Å². The third-order valence-corrected chi connectivity index (χ3v) is 3.63. The molecular formula is C12H21N3O2S. The van der Waals surface area contributed by atoms with Crippen LogP contribution in [0.1, 0.15) is 23.7 Å². The lowest BCUT2D eigenvalue weighted by atomic mass is 10.3. The van der Waals surface area contributed by atoms with Gasteiger partial charge in [0.05, 0.1) is 17.7 Å². The zero-order valence-corrected chi connectivity index (χ0v) is 12.0. The van der Waals surface area contributed by atoms with Crippen molar-refractivity contribution in [1.82, 2.24) is 15.6 Å². The van der Waals surface area contributed by atoms with Gasteiger partial charge in [-0.25, -0.2) is 4.98 Å². The predicted molar refractivity (Wildman–Crippen MR) is 72.7 cm³/mol. The highest BCUT2D eigenvalue weighted by Crippen LogP contribution is 2.12. The average molecular weight is 271 g/mol. The maximum atomic E-state index is 11.7. The molecule has 0 fully saturated rings. The van der Waals surface area contributed by atoms with Crippen LogP contribution in [0.25, 0.3) is 0 Å². The fourth-order valence-corrected chi connectivity index (χ4v) is 2.18. The molecule has 5 nitrogen and oxygen atoms in total. The van der Waals surface area contributed by atoms with E-state index in [1.807, 2.05) is 13.1 Å². The van der Waals surface area contributed by atoms with Gasteiger partial charge in [-0.2, -0.15) is 0 Å². The molecule has 0 aliphatic rings. The number of nitrogens with one attached hydrogen (secondary N) is 2. The number of nitrogens with zero attached hydrogens (tertiary/aromatic N) is 1. The molecular weight excluding hydrogens is 250 g/mol. The second-order valence-corrected chi connectivity index (χ2v) is 5.16. The van der Waals surface area contributed by atoms with E-state index in [9.17, 15) is 4.79 Å². The van der Waals surface area contributed by atoms with Gasteiger partial charge in [0.1, 0.15) is 0 Å². The Morgan fingerprint density at radius 1 is 1.61 bits per heavy atom. The molecule has 0 aromatic carbocycles. The van der Waals surface area contributed by atoms with Gasteiger partial charge in [0.15, 0.2) is 0 Å². The molecule has 0 bridgehead atoms. The van der Waals surface area contributed by atoms with Crippen LogP contribution in [-0.4, -0.2) is 37.2 Å². The highest BCUT2D eigenvalue weighted by Gasteiger charge is 2.11. The van der Waals surface area contributed by atoms with E-state index in [0.717, 1.165) is 16.3 Å². The smallest absolute Gasteiger partial charge is 0.236 e. The number of carbonyl (C=O) groups excluding carboxylic acids is 1. The van der Waals surface area contributed by atoms with E-state index in [1.165, 1.54) is 0 Å². The molecule has 1 atom stereocenters. The first-order valence-electron chi connectivity index (χ1n) is 6.11. The standard InChI is InChI=1S/C12H21N3O2S/c1-4-11-15-8-10(18-11)7-14-9(2)12(16)13-5-6-17-3/h8-9,14H,4-7H2,1-3H3,(H,13,16). The Labute approximate surface area is 112 Å². The Kier molecular flexibility index (Phi) is 6.85. The van der Waals surface area contributed by atoms with Crippen molar-refractivity contribution in [2.45, 2.75) is 32.9 Å². The maximum Gasteiger partial charge on any atom is 0.236 e. The summed E-state index contributed by atoms with van der Waals surface area (Å²) < 4.78 is 4.87. The van der Waals surface area contributed by atoms with Gasteiger partial charge < -0.3 is 15.4 Å². The zero-order chi connectivity index (χ0) is 13.4. The van der Waals surface area contributed by atoms with Crippen LogP contribution < -0.4 is 10.6 Å². The topological polar surface area (TPSA) is 63.2 Å². The molecule has 102 valence electrons. The minimum absolute atomic E-state index is 0.00715. The second-order valence-electron chi connectivity index (χ2n) is 3.96. The van der Waals surface area contributed by atoms with Crippen molar-refractivity contribution >= 4 is 17.2 Å². The quantitative estimate of drug-likeness (QED) is 0.691. The van der Waals surface area contributed by atoms with Gasteiger partial charge in [-0.3, -0.25) is 4.79 Å². The summed E-state index contributed by atoms with van der Waals surface area (Å²) in [6, 6.07) is -0.214. The molecule has 6 heteroatoms. The number of amides is 1. The van der Waals surface area contributed by atoms with Crippen LogP contribution in [0.2, 0.25) is 0 Å². The summed E-state index contributed by atoms with van der Waals surface area (Å²) in [4.78, 5) is 17.1. The SMILES string of the molecule is CCc1ncc(CNC(C)C(=O)NCCOC)s1. The molecule has 18 heavy (non-hydrogen) atoms. The van der Waals surface area contributed by atoms with E-state index in [-0.39, 0.29) is 11.9 Å². The Morgan fingerprint density at radius 3 is 3.00 bits per heavy atom. The van der Waals surface area contributed by atoms with Crippen molar-refractivity contribution in [2.75, 3.05) is 20.3 Å². The van der Waals surface area contributed by atoms with Crippen molar-refractivity contribution in [2.24, 2.45) is 0 Å². The lowest BCUT2D eigenvalue weighted by molar-refractivity contribution is -0.122. The molecule has 2 N–H and O–H groups in total. The summed E-state index contributed by atoms with van der Waals surface area (Å²) >= 11 is 1.68. The van der Waals surface area contributed by atoms with Crippen LogP contribution in [-0.2, 0) is 22.5 Å². The van der Waals surface area contributed by atoms with Crippen LogP contribution >= 0.6 is 11.3 Å². The fraction of sp³-hybridized carbons (Fsp3) is 0.667. The number of aromatic nitrogens is 1. The first-order valence-corrected chi connectivity index (χ1v) is 6.92. The van der Waals surface area contributed by atoms with Crippen molar-refractivity contribution in [3.8, 4) is 0 Å². The van der Waals surface area contributed by atoms with Gasteiger partial charge in [0.25, 0.3) is 0 Å². The van der Waals surface area contributed by atoms with Crippen molar-refractivity contribution in [3.05, 3.63) is 16.1 Å². The fourth-order valence-electron chi connectivity index (χ4n) is 1.37. The summed E-state index contributed by atoms with van der Waals surface area (Å²) in [5.74, 6) is -0.00715. The average Bonchev–Trinajstić information content (AvgIpc) is 2.84. The molecule has 1 amide bonds. The number of hydrogen-bond donors (Lipinski definition) is 2. The molecule has 0 radical (unpaired) electrons. The van der Waals surface area contributed by atoms with Crippen molar-refractivity contribution < 1.29 is 9.53 Å². The molecule has 1 aromatic rings. The Morgan fingerprint density at radius 2 is 2.39 bits per heavy atom. The van der Waals surface area contributed by atoms with Gasteiger partial charge in [-0.15, -0.1) is 11.3 Å². The molecule has 0 saturated heterocycles. The molecule has 0 saturated carbocycles. The summed E-state index contributed by atoms with van der Waals surface area (Å²) in [5, 5.41) is 7.11. The normalized spacial score (nSPS) is 12.4. The lowest BCUT2D eigenvalue weighted by Gasteiger charge is -2.12. The van der Waals surface area contributed by atoms with Crippen molar-refractivity contribution in [3.63, 3.8) is 0 Å². The van der Waals surface area contributed by atoms with E-state index >= 15 is 0 Å². The second kappa shape index (κ2) is 8.18. The van der Waals surface area contributed by atoms with Crippen LogP contribution in [0.5, 0.6) is 0 Å². The third kappa shape index (κ3) is 5.12. The summed E-state index contributed by atoms with van der Waals surface area (Å²) in [6.07, 6.45) is 2.82. The van der Waals surface area contributed by atoms with Gasteiger partial charge in [-0.1, -0.05) is 6.92 Å². The van der Waals surface area contributed by atoms with E-state index in [0.29, 0.717) is 19.7 Å². The van der Waals surface area contributed by atoms with Gasteiger partial charge in [0.2, 0.25) is 5.91 Å². The Bertz CT molecular complexity index is 368. The van der Waals surface area contributed by atoms with E-state index < -0.39 is 0 Å². The molecule has 0 aliphatic carbocycles. The first-order chi connectivity index (χ1) is 8.67. The first kappa shape index (κ1) is 15.1. The minimum Gasteiger partial charge on any atom is -0.383 e. The Balaban J connectivity index is 2.27. The number of thiazole rings is 1. The number of methoxy groups -OCH3 is 1. The van der Waals surface area contributed by atoms with Crippen LogP contribution in [0.3, 0.4) is 0 Å². The molecule has 1 heterocycles. The zero-order valence-electron chi connectivity index (χ0n) is 11.2. The summed E-state index contributed by atoms with van der Waals surface area (Å²) in [6.45, 7) is 5.69. The van der Waals surface area contributed by atoms with E-state index in [4.69, 9.17) is 4.74 Å². The lowest BCUT2D eigenvalue weighted by Crippen LogP contribution is -2.42. The van der Waals surface area contributed by atoms with Crippen LogP contribution in [0.15, 0.2) is 6.20 Å². The summed E-state index contributed by atoms with van der Waals surface area (Å²) in [5.41, 5.74) is 0. The van der Waals surface area contributed by atoms with Gasteiger partial charge in [-0.05, 0) is 13.3 Å². The molecule has 1 rings (SSSR count). The molecule has 0 spiro atoms. The number of ether oxygens (including phenoxy) is 1. The van der Waals surface area contributed by atoms with Crippen molar-refractivity contribution in [1.29, 1.82) is 0 Å². The summed E-state index contributed by atoms with van der Waals surface area (Å²) in [7, 11) is 1.61. The number of aryl methyl sites for hydroxylation is 1. The predicted octanol–water partition coefficient (Wildman–Crippen LogP) is 0.946. The minimum atomic E-state index is -0.214. The van der Waals surface area contributed by atoms with E-state index in [2.05, 4.69) is 22.5 Å². The van der Waals surface area contributed by atoms with Crippen LogP contribution in [0, 0.1) is 0 Å². The monoisotopic (exact) mass is 271 g/mol. The highest BCUT2D eigenvalue weighted by atomic mass is 32.1. The number of rotatable bonds is 8. The van der Waals surface area contributed by atoms with Gasteiger partial charge >= 0.3 is 0 Å². The third-order valence-electron chi connectivity index (χ3n) is 2.49. The largest absolute Gasteiger partial charge is 0.383 e. The number of carbonyl (C=O) groups is 1.